The topological polar surface area (TPSA) is 0 Å². The summed E-state index contributed by atoms with van der Waals surface area (Å²) in [5.74, 6) is 4.64. The zero-order valence-electron chi connectivity index (χ0n) is 7.14. The first-order valence-electron chi connectivity index (χ1n) is 4.83. The molecule has 3 unspecified atom stereocenters. The molecular formula is C10H18. The summed E-state index contributed by atoms with van der Waals surface area (Å²) < 4.78 is 0. The van der Waals surface area contributed by atoms with E-state index >= 15 is 0 Å². The minimum atomic E-state index is 0.986. The van der Waals surface area contributed by atoms with E-state index in [1.165, 1.54) is 30.6 Å². The van der Waals surface area contributed by atoms with Crippen molar-refractivity contribution < 1.29 is 0 Å². The largest absolute Gasteiger partial charge is 0.0651 e. The zero-order chi connectivity index (χ0) is 7.14. The van der Waals surface area contributed by atoms with Gasteiger partial charge < -0.3 is 0 Å². The molecule has 2 aliphatic carbocycles. The van der Waals surface area contributed by atoms with Crippen LogP contribution >= 0.6 is 0 Å². The van der Waals surface area contributed by atoms with E-state index in [4.69, 9.17) is 0 Å². The quantitative estimate of drug-likeness (QED) is 0.560. The maximum atomic E-state index is 2.38. The third-order valence-corrected chi connectivity index (χ3v) is 3.54. The Morgan fingerprint density at radius 1 is 1.40 bits per heavy atom. The number of hydrogen-bond acceptors (Lipinski definition) is 0. The van der Waals surface area contributed by atoms with Gasteiger partial charge in [-0.15, -0.1) is 0 Å². The third kappa shape index (κ3) is 1.09. The van der Waals surface area contributed by atoms with E-state index in [-0.39, 0.29) is 0 Å². The van der Waals surface area contributed by atoms with E-state index in [0.29, 0.717) is 0 Å². The predicted octanol–water partition coefficient (Wildman–Crippen LogP) is 3.08. The smallest absolute Gasteiger partial charge is 0.0349 e. The van der Waals surface area contributed by atoms with Crippen LogP contribution in [0.5, 0.6) is 0 Å². The van der Waals surface area contributed by atoms with Crippen LogP contribution in [-0.2, 0) is 0 Å². The molecular weight excluding hydrogens is 120 g/mol. The molecule has 10 heavy (non-hydrogen) atoms. The van der Waals surface area contributed by atoms with Gasteiger partial charge in [-0.25, -0.2) is 0 Å². The molecule has 0 heterocycles. The molecule has 0 spiro atoms. The highest BCUT2D eigenvalue weighted by Gasteiger charge is 2.62. The first-order valence-corrected chi connectivity index (χ1v) is 4.83. The second kappa shape index (κ2) is 2.25. The van der Waals surface area contributed by atoms with Gasteiger partial charge in [-0.3, -0.25) is 0 Å². The van der Waals surface area contributed by atoms with Gasteiger partial charge in [0.2, 0.25) is 0 Å². The van der Waals surface area contributed by atoms with E-state index in [0.717, 1.165) is 5.92 Å². The second-order valence-corrected chi connectivity index (χ2v) is 4.32. The molecule has 58 valence electrons. The lowest BCUT2D eigenvalue weighted by atomic mass is 9.98. The summed E-state index contributed by atoms with van der Waals surface area (Å²) in [5, 5.41) is 0. The number of rotatable bonds is 4. The maximum Gasteiger partial charge on any atom is -0.0349 e. The number of fused-ring (bicyclic) bond motifs is 1. The summed E-state index contributed by atoms with van der Waals surface area (Å²) in [4.78, 5) is 0. The van der Waals surface area contributed by atoms with E-state index in [2.05, 4.69) is 13.8 Å². The minimum Gasteiger partial charge on any atom is -0.0651 e. The van der Waals surface area contributed by atoms with Crippen molar-refractivity contribution in [1.29, 1.82) is 0 Å². The van der Waals surface area contributed by atoms with Crippen LogP contribution in [0.3, 0.4) is 0 Å². The highest BCUT2D eigenvalue weighted by molar-refractivity contribution is 5.11. The Labute approximate surface area is 64.0 Å². The van der Waals surface area contributed by atoms with E-state index in [1.54, 1.807) is 12.8 Å². The summed E-state index contributed by atoms with van der Waals surface area (Å²) in [6.07, 6.45) is 6.01. The first kappa shape index (κ1) is 6.69. The molecule has 0 bridgehead atoms. The van der Waals surface area contributed by atoms with Crippen molar-refractivity contribution in [2.24, 2.45) is 23.7 Å². The van der Waals surface area contributed by atoms with Gasteiger partial charge in [-0.05, 0) is 36.5 Å². The van der Waals surface area contributed by atoms with Crippen LogP contribution in [0.2, 0.25) is 0 Å². The lowest BCUT2D eigenvalue weighted by Crippen LogP contribution is -1.96. The van der Waals surface area contributed by atoms with Crippen LogP contribution in [0.25, 0.3) is 0 Å². The lowest BCUT2D eigenvalue weighted by Gasteiger charge is -2.08. The molecule has 0 saturated heterocycles. The Bertz CT molecular complexity index is 118. The monoisotopic (exact) mass is 138 g/mol. The lowest BCUT2D eigenvalue weighted by molar-refractivity contribution is 0.438. The SMILES string of the molecule is CCC(C)CCC1C2CC12. The molecule has 0 nitrogen and oxygen atoms in total. The molecule has 0 aliphatic heterocycles. The molecule has 0 aromatic heterocycles. The molecule has 2 fully saturated rings. The number of hydrogen-bond donors (Lipinski definition) is 0. The van der Waals surface area contributed by atoms with Crippen molar-refractivity contribution in [3.8, 4) is 0 Å². The van der Waals surface area contributed by atoms with E-state index in [1.807, 2.05) is 0 Å². The van der Waals surface area contributed by atoms with Crippen LogP contribution in [0.1, 0.15) is 39.5 Å². The van der Waals surface area contributed by atoms with E-state index in [9.17, 15) is 0 Å². The van der Waals surface area contributed by atoms with Gasteiger partial charge >= 0.3 is 0 Å². The van der Waals surface area contributed by atoms with Gasteiger partial charge in [0.15, 0.2) is 0 Å². The Morgan fingerprint density at radius 3 is 2.50 bits per heavy atom. The average Bonchev–Trinajstić information content (AvgIpc) is 2.73. The summed E-state index contributed by atoms with van der Waals surface area (Å²) in [5.41, 5.74) is 0. The molecule has 2 aliphatic rings. The van der Waals surface area contributed by atoms with Gasteiger partial charge in [0.1, 0.15) is 0 Å². The van der Waals surface area contributed by atoms with Gasteiger partial charge in [0.25, 0.3) is 0 Å². The fraction of sp³-hybridized carbons (Fsp3) is 1.00. The molecule has 2 rings (SSSR count). The van der Waals surface area contributed by atoms with Gasteiger partial charge in [0, 0.05) is 0 Å². The van der Waals surface area contributed by atoms with Crippen LogP contribution in [0.4, 0.5) is 0 Å². The van der Waals surface area contributed by atoms with Crippen LogP contribution in [0, 0.1) is 23.7 Å². The van der Waals surface area contributed by atoms with Crippen molar-refractivity contribution in [3.63, 3.8) is 0 Å². The van der Waals surface area contributed by atoms with Crippen molar-refractivity contribution >= 4 is 0 Å². The molecule has 0 N–H and O–H groups in total. The standard InChI is InChI=1S/C10H18/c1-3-7(2)4-5-8-9-6-10(8)9/h7-10H,3-6H2,1-2H3. The fourth-order valence-electron chi connectivity index (χ4n) is 2.02. The summed E-state index contributed by atoms with van der Waals surface area (Å²) in [6.45, 7) is 4.69. The Hall–Kier alpha value is 0. The molecule has 0 heteroatoms. The van der Waals surface area contributed by atoms with Crippen molar-refractivity contribution in [3.05, 3.63) is 0 Å². The second-order valence-electron chi connectivity index (χ2n) is 4.32. The Kier molecular flexibility index (Phi) is 1.51. The zero-order valence-corrected chi connectivity index (χ0v) is 7.14. The van der Waals surface area contributed by atoms with Gasteiger partial charge in [-0.1, -0.05) is 26.7 Å². The molecule has 2 saturated carbocycles. The highest BCUT2D eigenvalue weighted by atomic mass is 14.7. The fourth-order valence-corrected chi connectivity index (χ4v) is 2.02. The summed E-state index contributed by atoms with van der Waals surface area (Å²) in [6, 6.07) is 0. The van der Waals surface area contributed by atoms with Gasteiger partial charge in [-0.2, -0.15) is 0 Å². The average molecular weight is 138 g/mol. The van der Waals surface area contributed by atoms with Crippen molar-refractivity contribution in [1.82, 2.24) is 0 Å². The Morgan fingerprint density at radius 2 is 2.10 bits per heavy atom. The molecule has 0 amide bonds. The molecule has 3 atom stereocenters. The molecule has 0 aromatic carbocycles. The molecule has 0 aromatic rings. The maximum absolute atomic E-state index is 2.38. The highest BCUT2D eigenvalue weighted by Crippen LogP contribution is 2.69. The summed E-state index contributed by atoms with van der Waals surface area (Å²) >= 11 is 0. The van der Waals surface area contributed by atoms with Gasteiger partial charge in [0.05, 0.1) is 0 Å². The van der Waals surface area contributed by atoms with Crippen LogP contribution < -0.4 is 0 Å². The van der Waals surface area contributed by atoms with E-state index < -0.39 is 0 Å². The van der Waals surface area contributed by atoms with Crippen LogP contribution in [-0.4, -0.2) is 0 Å². The normalized spacial score (nSPS) is 44.4. The Balaban J connectivity index is 1.55. The predicted molar refractivity (Wildman–Crippen MR) is 43.8 cm³/mol. The first-order chi connectivity index (χ1) is 4.83. The summed E-state index contributed by atoms with van der Waals surface area (Å²) in [7, 11) is 0. The van der Waals surface area contributed by atoms with Crippen molar-refractivity contribution in [2.75, 3.05) is 0 Å². The third-order valence-electron chi connectivity index (χ3n) is 3.54. The van der Waals surface area contributed by atoms with Crippen LogP contribution in [0.15, 0.2) is 0 Å². The minimum absolute atomic E-state index is 0.986. The molecule has 0 radical (unpaired) electrons. The van der Waals surface area contributed by atoms with Crippen molar-refractivity contribution in [2.45, 2.75) is 39.5 Å².